The van der Waals surface area contributed by atoms with E-state index in [0.717, 1.165) is 6.26 Å². The molecule has 0 amide bonds. The van der Waals surface area contributed by atoms with Crippen LogP contribution in [0.25, 0.3) is 0 Å². The Morgan fingerprint density at radius 2 is 2.00 bits per heavy atom. The summed E-state index contributed by atoms with van der Waals surface area (Å²) >= 11 is 5.80. The van der Waals surface area contributed by atoms with Crippen molar-refractivity contribution in [2.75, 3.05) is 18.1 Å². The first kappa shape index (κ1) is 15.1. The predicted octanol–water partition coefficient (Wildman–Crippen LogP) is 1.18. The number of hydrogen-bond donors (Lipinski definition) is 2. The molecule has 0 aromatic carbocycles. The lowest BCUT2D eigenvalue weighted by Gasteiger charge is -2.25. The fraction of sp³-hybridized carbons (Fsp3) is 0.600. The van der Waals surface area contributed by atoms with Gasteiger partial charge in [0.15, 0.2) is 0 Å². The number of nitrogens with one attached hydrogen (secondary N) is 2. The molecule has 0 unspecified atom stereocenters. The van der Waals surface area contributed by atoms with E-state index in [4.69, 9.17) is 11.6 Å². The molecule has 1 rings (SSSR count). The monoisotopic (exact) mass is 292 g/mol. The molecule has 1 aromatic heterocycles. The van der Waals surface area contributed by atoms with Gasteiger partial charge < -0.3 is 5.32 Å². The Balaban J connectivity index is 2.69. The minimum Gasteiger partial charge on any atom is -0.368 e. The molecular formula is C10H17ClN4O2S. The maximum absolute atomic E-state index is 11.2. The van der Waals surface area contributed by atoms with Crippen LogP contribution in [0.5, 0.6) is 0 Å². The third-order valence-electron chi connectivity index (χ3n) is 1.98. The van der Waals surface area contributed by atoms with E-state index in [9.17, 15) is 8.42 Å². The summed E-state index contributed by atoms with van der Waals surface area (Å²) in [5.41, 5.74) is -0.626. The van der Waals surface area contributed by atoms with Gasteiger partial charge in [0.1, 0.15) is 16.8 Å². The maximum atomic E-state index is 11.2. The second kappa shape index (κ2) is 5.38. The van der Waals surface area contributed by atoms with Crippen molar-refractivity contribution in [2.45, 2.75) is 26.3 Å². The summed E-state index contributed by atoms with van der Waals surface area (Å²) in [4.78, 5) is 8.09. The van der Waals surface area contributed by atoms with E-state index in [0.29, 0.717) is 23.3 Å². The lowest BCUT2D eigenvalue weighted by molar-refractivity contribution is 0.476. The molecule has 2 N–H and O–H groups in total. The van der Waals surface area contributed by atoms with Crippen LogP contribution in [-0.4, -0.2) is 36.7 Å². The highest BCUT2D eigenvalue weighted by molar-refractivity contribution is 7.88. The first-order valence-electron chi connectivity index (χ1n) is 5.31. The van der Waals surface area contributed by atoms with Crippen molar-refractivity contribution in [2.24, 2.45) is 0 Å². The van der Waals surface area contributed by atoms with Crippen LogP contribution >= 0.6 is 11.6 Å². The zero-order chi connectivity index (χ0) is 14.0. The average Bonchev–Trinajstić information content (AvgIpc) is 2.09. The minimum atomic E-state index is -3.25. The molecule has 0 bridgehead atoms. The molecule has 0 fully saturated rings. The third kappa shape index (κ3) is 5.61. The van der Waals surface area contributed by atoms with Crippen LogP contribution in [0.3, 0.4) is 0 Å². The van der Waals surface area contributed by atoms with Crippen molar-refractivity contribution >= 4 is 27.4 Å². The topological polar surface area (TPSA) is 84.0 Å². The van der Waals surface area contributed by atoms with E-state index in [1.807, 2.05) is 0 Å². The molecule has 0 spiro atoms. The smallest absolute Gasteiger partial charge is 0.209 e. The largest absolute Gasteiger partial charge is 0.368 e. The van der Waals surface area contributed by atoms with Crippen molar-refractivity contribution in [3.8, 4) is 0 Å². The quantitative estimate of drug-likeness (QED) is 0.796. The van der Waals surface area contributed by atoms with Gasteiger partial charge in [0.2, 0.25) is 10.0 Å². The van der Waals surface area contributed by atoms with Crippen LogP contribution in [0, 0.1) is 6.92 Å². The van der Waals surface area contributed by atoms with E-state index >= 15 is 0 Å². The Morgan fingerprint density at radius 3 is 2.50 bits per heavy atom. The molecule has 1 heterocycles. The van der Waals surface area contributed by atoms with E-state index in [-0.39, 0.29) is 0 Å². The number of nitrogens with zero attached hydrogens (tertiary/aromatic N) is 2. The van der Waals surface area contributed by atoms with Crippen molar-refractivity contribution in [3.63, 3.8) is 0 Å². The summed E-state index contributed by atoms with van der Waals surface area (Å²) in [6, 6.07) is 1.59. The Labute approximate surface area is 112 Å². The molecule has 0 saturated heterocycles. The van der Waals surface area contributed by atoms with Crippen LogP contribution in [0.1, 0.15) is 19.7 Å². The molecule has 6 nitrogen and oxygen atoms in total. The number of anilines is 1. The van der Waals surface area contributed by atoms with E-state index in [1.54, 1.807) is 26.8 Å². The predicted molar refractivity (Wildman–Crippen MR) is 72.3 cm³/mol. The van der Waals surface area contributed by atoms with Crippen LogP contribution in [0.2, 0.25) is 5.15 Å². The zero-order valence-electron chi connectivity index (χ0n) is 10.8. The number of aromatic nitrogens is 2. The Morgan fingerprint density at radius 1 is 1.39 bits per heavy atom. The minimum absolute atomic E-state index is 0.346. The van der Waals surface area contributed by atoms with Gasteiger partial charge in [-0.1, -0.05) is 11.6 Å². The number of sulfonamides is 1. The standard InChI is InChI=1S/C10H17ClN4O2S/c1-7-13-8(11)5-9(14-7)12-6-10(2,3)15-18(4,16)17/h5,15H,6H2,1-4H3,(H,12,13,14). The summed E-state index contributed by atoms with van der Waals surface area (Å²) in [7, 11) is -3.25. The Bertz CT molecular complexity index is 510. The third-order valence-corrected chi connectivity index (χ3v) is 3.10. The molecular weight excluding hydrogens is 276 g/mol. The summed E-state index contributed by atoms with van der Waals surface area (Å²) in [6.45, 7) is 5.66. The molecule has 0 atom stereocenters. The van der Waals surface area contributed by atoms with Gasteiger partial charge in [-0.05, 0) is 20.8 Å². The highest BCUT2D eigenvalue weighted by Crippen LogP contribution is 2.12. The molecule has 0 aliphatic rings. The number of rotatable bonds is 5. The van der Waals surface area contributed by atoms with Crippen LogP contribution < -0.4 is 10.0 Å². The lowest BCUT2D eigenvalue weighted by atomic mass is 10.1. The SMILES string of the molecule is Cc1nc(Cl)cc(NCC(C)(C)NS(C)(=O)=O)n1. The van der Waals surface area contributed by atoms with E-state index in [2.05, 4.69) is 20.0 Å². The van der Waals surface area contributed by atoms with Gasteiger partial charge in [0, 0.05) is 18.2 Å². The number of hydrogen-bond acceptors (Lipinski definition) is 5. The van der Waals surface area contributed by atoms with Crippen LogP contribution in [0.15, 0.2) is 6.07 Å². The Kier molecular flexibility index (Phi) is 4.52. The van der Waals surface area contributed by atoms with Gasteiger partial charge in [-0.3, -0.25) is 0 Å². The molecule has 0 aliphatic heterocycles. The first-order chi connectivity index (χ1) is 8.07. The molecule has 18 heavy (non-hydrogen) atoms. The molecule has 0 radical (unpaired) electrons. The van der Waals surface area contributed by atoms with Gasteiger partial charge in [-0.2, -0.15) is 0 Å². The summed E-state index contributed by atoms with van der Waals surface area (Å²) in [6.07, 6.45) is 1.13. The number of aryl methyl sites for hydroxylation is 1. The Hall–Kier alpha value is -0.920. The maximum Gasteiger partial charge on any atom is 0.209 e. The summed E-state index contributed by atoms with van der Waals surface area (Å²) in [5.74, 6) is 1.12. The molecule has 8 heteroatoms. The zero-order valence-corrected chi connectivity index (χ0v) is 12.4. The molecule has 102 valence electrons. The van der Waals surface area contributed by atoms with E-state index in [1.165, 1.54) is 0 Å². The van der Waals surface area contributed by atoms with Crippen molar-refractivity contribution < 1.29 is 8.42 Å². The van der Waals surface area contributed by atoms with Gasteiger partial charge in [0.05, 0.1) is 6.26 Å². The molecule has 1 aromatic rings. The highest BCUT2D eigenvalue weighted by Gasteiger charge is 2.22. The van der Waals surface area contributed by atoms with Crippen LogP contribution in [-0.2, 0) is 10.0 Å². The summed E-state index contributed by atoms with van der Waals surface area (Å²) in [5, 5.41) is 3.37. The highest BCUT2D eigenvalue weighted by atomic mass is 35.5. The van der Waals surface area contributed by atoms with Crippen molar-refractivity contribution in [1.82, 2.24) is 14.7 Å². The van der Waals surface area contributed by atoms with Crippen LogP contribution in [0.4, 0.5) is 5.82 Å². The van der Waals surface area contributed by atoms with Gasteiger partial charge in [-0.15, -0.1) is 0 Å². The van der Waals surface area contributed by atoms with Crippen molar-refractivity contribution in [3.05, 3.63) is 17.0 Å². The molecule has 0 aliphatic carbocycles. The lowest BCUT2D eigenvalue weighted by Crippen LogP contribution is -2.47. The molecule has 0 saturated carbocycles. The summed E-state index contributed by atoms with van der Waals surface area (Å²) < 4.78 is 24.9. The van der Waals surface area contributed by atoms with Gasteiger partial charge in [0.25, 0.3) is 0 Å². The first-order valence-corrected chi connectivity index (χ1v) is 7.58. The normalized spacial score (nSPS) is 12.5. The fourth-order valence-corrected chi connectivity index (χ4v) is 2.77. The van der Waals surface area contributed by atoms with Crippen molar-refractivity contribution in [1.29, 1.82) is 0 Å². The van der Waals surface area contributed by atoms with Gasteiger partial charge in [-0.25, -0.2) is 23.1 Å². The average molecular weight is 293 g/mol. The van der Waals surface area contributed by atoms with E-state index < -0.39 is 15.6 Å². The second-order valence-corrected chi connectivity index (χ2v) is 6.87. The fourth-order valence-electron chi connectivity index (χ4n) is 1.47. The van der Waals surface area contributed by atoms with Gasteiger partial charge >= 0.3 is 0 Å². The second-order valence-electron chi connectivity index (χ2n) is 4.73. The number of halogens is 1.